The van der Waals surface area contributed by atoms with Crippen LogP contribution in [0.2, 0.25) is 5.28 Å². The predicted molar refractivity (Wildman–Crippen MR) is 180 cm³/mol. The molecule has 250 valence electrons. The Hall–Kier alpha value is -5.15. The first-order valence-corrected chi connectivity index (χ1v) is 17.5. The molecule has 0 aliphatic heterocycles. The summed E-state index contributed by atoms with van der Waals surface area (Å²) in [4.78, 5) is 38.1. The Kier molecular flexibility index (Phi) is 8.75. The van der Waals surface area contributed by atoms with Crippen molar-refractivity contribution in [3.63, 3.8) is 0 Å². The second-order valence-electron chi connectivity index (χ2n) is 10.2. The van der Waals surface area contributed by atoms with E-state index in [1.165, 1.54) is 30.3 Å². The fourth-order valence-corrected chi connectivity index (χ4v) is 6.82. The Morgan fingerprint density at radius 3 is 1.86 bits per heavy atom. The first-order chi connectivity index (χ1) is 23.1. The van der Waals surface area contributed by atoms with Gasteiger partial charge in [0.2, 0.25) is 17.2 Å². The van der Waals surface area contributed by atoms with Crippen LogP contribution in [0.1, 0.15) is 31.8 Å². The Labute approximate surface area is 286 Å². The van der Waals surface area contributed by atoms with Gasteiger partial charge in [-0.05, 0) is 54.1 Å². The molecule has 8 N–H and O–H groups in total. The number of rotatable bonds is 9. The molecule has 49 heavy (non-hydrogen) atoms. The second kappa shape index (κ2) is 12.7. The van der Waals surface area contributed by atoms with Crippen molar-refractivity contribution in [2.45, 2.75) is 14.7 Å². The maximum atomic E-state index is 13.6. The number of hydrogen-bond donors (Lipinski definition) is 7. The van der Waals surface area contributed by atoms with Crippen molar-refractivity contribution in [1.82, 2.24) is 15.0 Å². The maximum absolute atomic E-state index is 13.6. The van der Waals surface area contributed by atoms with Crippen molar-refractivity contribution < 1.29 is 40.1 Å². The molecule has 0 unspecified atom stereocenters. The zero-order chi connectivity index (χ0) is 35.2. The summed E-state index contributed by atoms with van der Waals surface area (Å²) < 4.78 is 79.1. The summed E-state index contributed by atoms with van der Waals surface area (Å²) in [5.41, 5.74) is 4.07. The van der Waals surface area contributed by atoms with Crippen LogP contribution in [0, 0.1) is 0 Å². The number of anilines is 7. The molecular formula is C29H20ClN7O9S3. The summed E-state index contributed by atoms with van der Waals surface area (Å²) in [5.74, 6) is -1.72. The highest BCUT2D eigenvalue weighted by Gasteiger charge is 2.37. The third-order valence-corrected chi connectivity index (χ3v) is 9.49. The lowest BCUT2D eigenvalue weighted by Crippen LogP contribution is -2.25. The average molecular weight is 742 g/mol. The number of aromatic nitrogens is 3. The highest BCUT2D eigenvalue weighted by atomic mass is 35.5. The second-order valence-corrected chi connectivity index (χ2v) is 14.0. The molecule has 4 aromatic carbocycles. The van der Waals surface area contributed by atoms with Crippen LogP contribution in [0.25, 0.3) is 0 Å². The highest BCUT2D eigenvalue weighted by molar-refractivity contribution is 7.93. The molecule has 1 aliphatic carbocycles. The lowest BCUT2D eigenvalue weighted by atomic mass is 9.82. The molecule has 0 bridgehead atoms. The predicted octanol–water partition coefficient (Wildman–Crippen LogP) is 5.17. The van der Waals surface area contributed by atoms with Crippen molar-refractivity contribution in [3.05, 3.63) is 100 Å². The molecule has 1 heterocycles. The van der Waals surface area contributed by atoms with E-state index in [0.29, 0.717) is 22.6 Å². The van der Waals surface area contributed by atoms with Gasteiger partial charge in [0, 0.05) is 39.4 Å². The molecule has 5 aromatic rings. The van der Waals surface area contributed by atoms with Crippen LogP contribution in [-0.2, 0) is 20.2 Å². The summed E-state index contributed by atoms with van der Waals surface area (Å²) in [7, 11) is -10.1. The maximum Gasteiger partial charge on any atom is 0.296 e. The third kappa shape index (κ3) is 6.76. The number of hydrogen-bond acceptors (Lipinski definition) is 15. The van der Waals surface area contributed by atoms with Crippen LogP contribution in [0.3, 0.4) is 0 Å². The Balaban J connectivity index is 1.40. The van der Waals surface area contributed by atoms with Gasteiger partial charge in [0.1, 0.15) is 9.79 Å². The van der Waals surface area contributed by atoms with E-state index in [1.54, 1.807) is 24.3 Å². The molecule has 6 rings (SSSR count). The summed E-state index contributed by atoms with van der Waals surface area (Å²) >= 11 is 6.61. The minimum Gasteiger partial charge on any atom is -0.397 e. The minimum atomic E-state index is -5.06. The molecule has 0 atom stereocenters. The first-order valence-electron chi connectivity index (χ1n) is 13.5. The first kappa shape index (κ1) is 33.7. The zero-order valence-electron chi connectivity index (χ0n) is 24.2. The van der Waals surface area contributed by atoms with Gasteiger partial charge in [-0.15, -0.1) is 0 Å². The minimum absolute atomic E-state index is 0.0144. The number of carbonyl (C=O) groups excluding carboxylic acids is 2. The van der Waals surface area contributed by atoms with Crippen LogP contribution in [0.15, 0.2) is 87.5 Å². The van der Waals surface area contributed by atoms with Gasteiger partial charge < -0.3 is 26.2 Å². The van der Waals surface area contributed by atoms with Crippen molar-refractivity contribution in [3.8, 4) is 0 Å². The summed E-state index contributed by atoms with van der Waals surface area (Å²) in [6.07, 6.45) is 0. The summed E-state index contributed by atoms with van der Waals surface area (Å²) in [6, 6.07) is 16.6. The van der Waals surface area contributed by atoms with Gasteiger partial charge in [-0.3, -0.25) is 18.7 Å². The number of benzene rings is 4. The summed E-state index contributed by atoms with van der Waals surface area (Å²) in [5, 5.41) is 8.01. The standard InChI is InChI=1S/C29H20ClN7O9S3/c30-27-35-28(32-13-4-3-5-15(10-13)47-40)37-29(36-27)33-14-8-9-18(20(11-14)48(41,42)43)34-19-12-21(49(44,45)46)24(31)23-22(19)25(38)16-6-1-2-7-17(16)26(23)39/h1-12,34,40H,31H2,(H,41,42,43)(H,44,45,46)(H2,32,33,35,36,37). The number of nitrogens with two attached hydrogens (primary N) is 1. The fraction of sp³-hybridized carbons (Fsp3) is 0. The van der Waals surface area contributed by atoms with E-state index in [9.17, 15) is 40.1 Å². The largest absolute Gasteiger partial charge is 0.397 e. The Bertz CT molecular complexity index is 2450. The molecule has 0 saturated heterocycles. The fourth-order valence-electron chi connectivity index (χ4n) is 5.02. The van der Waals surface area contributed by atoms with E-state index < -0.39 is 58.5 Å². The molecule has 1 aromatic heterocycles. The van der Waals surface area contributed by atoms with Crippen molar-refractivity contribution in [2.75, 3.05) is 21.7 Å². The smallest absolute Gasteiger partial charge is 0.296 e. The van der Waals surface area contributed by atoms with Gasteiger partial charge in [-0.1, -0.05) is 30.3 Å². The van der Waals surface area contributed by atoms with Crippen molar-refractivity contribution >= 4 is 95.8 Å². The molecule has 0 fully saturated rings. The monoisotopic (exact) mass is 741 g/mol. The van der Waals surface area contributed by atoms with Gasteiger partial charge in [0.05, 0.1) is 28.2 Å². The van der Waals surface area contributed by atoms with E-state index in [1.807, 2.05) is 0 Å². The van der Waals surface area contributed by atoms with E-state index in [2.05, 4.69) is 30.9 Å². The Morgan fingerprint density at radius 2 is 1.27 bits per heavy atom. The summed E-state index contributed by atoms with van der Waals surface area (Å²) in [6.45, 7) is 0. The van der Waals surface area contributed by atoms with Gasteiger partial charge in [0.15, 0.2) is 11.6 Å². The number of nitrogen functional groups attached to an aromatic ring is 1. The third-order valence-electron chi connectivity index (χ3n) is 7.07. The molecular weight excluding hydrogens is 722 g/mol. The number of fused-ring (bicyclic) bond motifs is 2. The number of nitrogens with one attached hydrogen (secondary N) is 3. The van der Waals surface area contributed by atoms with Crippen LogP contribution in [-0.4, -0.2) is 57.0 Å². The number of halogens is 1. The van der Waals surface area contributed by atoms with Gasteiger partial charge in [0.25, 0.3) is 20.2 Å². The van der Waals surface area contributed by atoms with E-state index in [-0.39, 0.29) is 45.2 Å². The highest BCUT2D eigenvalue weighted by Crippen LogP contribution is 2.41. The van der Waals surface area contributed by atoms with Gasteiger partial charge in [-0.2, -0.15) is 31.8 Å². The van der Waals surface area contributed by atoms with Crippen molar-refractivity contribution in [2.24, 2.45) is 0 Å². The molecule has 0 saturated carbocycles. The average Bonchev–Trinajstić information content (AvgIpc) is 3.03. The van der Waals surface area contributed by atoms with Crippen LogP contribution in [0.5, 0.6) is 0 Å². The van der Waals surface area contributed by atoms with E-state index in [4.69, 9.17) is 17.3 Å². The zero-order valence-corrected chi connectivity index (χ0v) is 27.4. The lowest BCUT2D eigenvalue weighted by molar-refractivity contribution is 0.0980. The van der Waals surface area contributed by atoms with Gasteiger partial charge >= 0.3 is 0 Å². The molecule has 0 spiro atoms. The normalized spacial score (nSPS) is 12.7. The number of carbonyl (C=O) groups is 2. The van der Waals surface area contributed by atoms with Gasteiger partial charge in [-0.25, -0.2) is 0 Å². The number of nitrogens with zero attached hydrogens (tertiary/aromatic N) is 3. The van der Waals surface area contributed by atoms with E-state index >= 15 is 0 Å². The molecule has 0 amide bonds. The lowest BCUT2D eigenvalue weighted by Gasteiger charge is -2.24. The van der Waals surface area contributed by atoms with Crippen LogP contribution >= 0.6 is 23.6 Å². The van der Waals surface area contributed by atoms with Crippen LogP contribution < -0.4 is 21.7 Å². The Morgan fingerprint density at radius 1 is 0.673 bits per heavy atom. The quantitative estimate of drug-likeness (QED) is 0.0572. The molecule has 0 radical (unpaired) electrons. The molecule has 16 nitrogen and oxygen atoms in total. The van der Waals surface area contributed by atoms with Crippen molar-refractivity contribution in [1.29, 1.82) is 0 Å². The molecule has 20 heteroatoms. The molecule has 1 aliphatic rings. The van der Waals surface area contributed by atoms with Crippen LogP contribution in [0.4, 0.5) is 40.3 Å². The number of ketones is 2. The van der Waals surface area contributed by atoms with E-state index in [0.717, 1.165) is 18.2 Å². The SMILES string of the molecule is Nc1c(S(=O)(=O)O)cc(Nc2ccc(Nc3nc(Cl)nc(Nc4cccc(SO)c4)n3)cc2S(=O)(=O)O)c2c1C(=O)c1ccccc1C2=O. The topological polar surface area (TPSA) is 264 Å².